The third-order valence-electron chi connectivity index (χ3n) is 4.17. The van der Waals surface area contributed by atoms with Gasteiger partial charge in [-0.2, -0.15) is 0 Å². The van der Waals surface area contributed by atoms with Crippen LogP contribution in [0.5, 0.6) is 0 Å². The van der Waals surface area contributed by atoms with Gasteiger partial charge in [0.05, 0.1) is 0 Å². The number of hydrogen-bond acceptors (Lipinski definition) is 0. The second-order valence-corrected chi connectivity index (χ2v) is 7.72. The van der Waals surface area contributed by atoms with Crippen LogP contribution in [-0.2, 0) is 0 Å². The summed E-state index contributed by atoms with van der Waals surface area (Å²) in [7, 11) is 0. The second kappa shape index (κ2) is 7.53. The first-order valence-corrected chi connectivity index (χ1v) is 10.2. The molecule has 4 rings (SSSR count). The van der Waals surface area contributed by atoms with Crippen molar-refractivity contribution in [1.29, 1.82) is 0 Å². The fourth-order valence-corrected chi connectivity index (χ4v) is 5.19. The van der Waals surface area contributed by atoms with Crippen molar-refractivity contribution in [3.05, 3.63) is 107 Å². The van der Waals surface area contributed by atoms with Crippen molar-refractivity contribution in [1.82, 2.24) is 0 Å². The van der Waals surface area contributed by atoms with Crippen molar-refractivity contribution in [2.75, 3.05) is 0 Å². The standard InChI is InChI=1S/C24H18Se/c1-4-10-19(11-5-1)16-17-22-18-25-24(21-14-8-3-9-15-21)23(22)20-12-6-2-7-13-20/h1-18H/b17-16+. The summed E-state index contributed by atoms with van der Waals surface area (Å²) < 4.78 is 1.46. The first kappa shape index (κ1) is 15.9. The van der Waals surface area contributed by atoms with Gasteiger partial charge >= 0.3 is 155 Å². The Hall–Kier alpha value is -2.60. The van der Waals surface area contributed by atoms with Crippen LogP contribution in [0.2, 0.25) is 0 Å². The third-order valence-corrected chi connectivity index (χ3v) is 6.37. The summed E-state index contributed by atoms with van der Waals surface area (Å²) in [4.78, 5) is 2.40. The van der Waals surface area contributed by atoms with Gasteiger partial charge in [-0.25, -0.2) is 0 Å². The van der Waals surface area contributed by atoms with Gasteiger partial charge in [-0.3, -0.25) is 0 Å². The number of hydrogen-bond donors (Lipinski definition) is 0. The monoisotopic (exact) mass is 386 g/mol. The predicted molar refractivity (Wildman–Crippen MR) is 110 cm³/mol. The van der Waals surface area contributed by atoms with Crippen LogP contribution in [0.1, 0.15) is 11.1 Å². The van der Waals surface area contributed by atoms with Crippen LogP contribution in [-0.4, -0.2) is 14.5 Å². The molecule has 1 aromatic heterocycles. The Bertz CT molecular complexity index is 965. The van der Waals surface area contributed by atoms with Gasteiger partial charge in [0.1, 0.15) is 0 Å². The Labute approximate surface area is 154 Å². The number of rotatable bonds is 4. The van der Waals surface area contributed by atoms with E-state index in [9.17, 15) is 0 Å². The van der Waals surface area contributed by atoms with E-state index in [1.165, 1.54) is 32.3 Å². The maximum absolute atomic E-state index is 2.40. The zero-order valence-corrected chi connectivity index (χ0v) is 15.5. The van der Waals surface area contributed by atoms with Gasteiger partial charge in [0.15, 0.2) is 0 Å². The molecule has 4 aromatic rings. The zero-order chi connectivity index (χ0) is 16.9. The molecule has 0 radical (unpaired) electrons. The minimum absolute atomic E-state index is 0.350. The van der Waals surface area contributed by atoms with Crippen LogP contribution in [0.3, 0.4) is 0 Å². The van der Waals surface area contributed by atoms with Gasteiger partial charge in [-0.1, -0.05) is 0 Å². The van der Waals surface area contributed by atoms with E-state index >= 15 is 0 Å². The summed E-state index contributed by atoms with van der Waals surface area (Å²) >= 11 is 0.350. The van der Waals surface area contributed by atoms with Crippen molar-refractivity contribution in [3.63, 3.8) is 0 Å². The molecule has 0 amide bonds. The molecule has 0 fully saturated rings. The van der Waals surface area contributed by atoms with Gasteiger partial charge in [-0.15, -0.1) is 0 Å². The van der Waals surface area contributed by atoms with Crippen molar-refractivity contribution in [2.24, 2.45) is 0 Å². The molecular formula is C24H18Se. The topological polar surface area (TPSA) is 0 Å². The summed E-state index contributed by atoms with van der Waals surface area (Å²) in [6.45, 7) is 0. The molecule has 1 heteroatoms. The van der Waals surface area contributed by atoms with Gasteiger partial charge in [0.25, 0.3) is 0 Å². The quantitative estimate of drug-likeness (QED) is 0.364. The molecule has 0 unspecified atom stereocenters. The average molecular weight is 385 g/mol. The van der Waals surface area contributed by atoms with Crippen molar-refractivity contribution >= 4 is 26.7 Å². The second-order valence-electron chi connectivity index (χ2n) is 5.87. The van der Waals surface area contributed by atoms with Crippen LogP contribution in [0, 0.1) is 0 Å². The van der Waals surface area contributed by atoms with E-state index in [0.29, 0.717) is 14.5 Å². The van der Waals surface area contributed by atoms with Crippen molar-refractivity contribution in [2.45, 2.75) is 0 Å². The fourth-order valence-electron chi connectivity index (χ4n) is 2.95. The van der Waals surface area contributed by atoms with Gasteiger partial charge in [0.2, 0.25) is 0 Å². The van der Waals surface area contributed by atoms with Crippen LogP contribution in [0.4, 0.5) is 0 Å². The van der Waals surface area contributed by atoms with Gasteiger partial charge in [-0.05, 0) is 0 Å². The fraction of sp³-hybridized carbons (Fsp3) is 0. The molecule has 120 valence electrons. The van der Waals surface area contributed by atoms with E-state index in [4.69, 9.17) is 0 Å². The molecule has 0 aliphatic heterocycles. The molecule has 0 aliphatic rings. The van der Waals surface area contributed by atoms with E-state index in [1.807, 2.05) is 0 Å². The molecule has 25 heavy (non-hydrogen) atoms. The SMILES string of the molecule is C(=C\c1c[se]c(-c2ccccc2)c1-c1ccccc1)/c1ccccc1. The Balaban J connectivity index is 1.82. The molecule has 0 aliphatic carbocycles. The van der Waals surface area contributed by atoms with Gasteiger partial charge in [0, 0.05) is 0 Å². The summed E-state index contributed by atoms with van der Waals surface area (Å²) in [5.41, 5.74) is 6.56. The summed E-state index contributed by atoms with van der Waals surface area (Å²) in [5.74, 6) is 0. The molecule has 0 N–H and O–H groups in total. The molecule has 0 bridgehead atoms. The van der Waals surface area contributed by atoms with Crippen molar-refractivity contribution in [3.8, 4) is 21.1 Å². The first-order chi connectivity index (χ1) is 12.4. The third kappa shape index (κ3) is 3.58. The summed E-state index contributed by atoms with van der Waals surface area (Å²) in [6, 6.07) is 32.0. The van der Waals surface area contributed by atoms with Crippen LogP contribution in [0.25, 0.3) is 33.3 Å². The molecule has 0 saturated carbocycles. The predicted octanol–water partition coefficient (Wildman–Crippen LogP) is 6.25. The van der Waals surface area contributed by atoms with Crippen LogP contribution >= 0.6 is 0 Å². The molecular weight excluding hydrogens is 367 g/mol. The molecule has 0 spiro atoms. The van der Waals surface area contributed by atoms with E-state index in [-0.39, 0.29) is 0 Å². The average Bonchev–Trinajstić information content (AvgIpc) is 3.12. The zero-order valence-electron chi connectivity index (χ0n) is 13.8. The normalized spacial score (nSPS) is 11.0. The van der Waals surface area contributed by atoms with E-state index < -0.39 is 0 Å². The van der Waals surface area contributed by atoms with E-state index in [0.717, 1.165) is 0 Å². The molecule has 0 atom stereocenters. The van der Waals surface area contributed by atoms with Crippen LogP contribution in [0.15, 0.2) is 95.9 Å². The van der Waals surface area contributed by atoms with E-state index in [1.54, 1.807) is 0 Å². The molecule has 0 nitrogen and oxygen atoms in total. The molecule has 1 heterocycles. The maximum atomic E-state index is 2.40. The van der Waals surface area contributed by atoms with Gasteiger partial charge < -0.3 is 0 Å². The van der Waals surface area contributed by atoms with Crippen LogP contribution < -0.4 is 0 Å². The Morgan fingerprint density at radius 2 is 1.12 bits per heavy atom. The van der Waals surface area contributed by atoms with Crippen molar-refractivity contribution < 1.29 is 0 Å². The first-order valence-electron chi connectivity index (χ1n) is 8.37. The Morgan fingerprint density at radius 1 is 0.560 bits per heavy atom. The molecule has 0 saturated heterocycles. The minimum atomic E-state index is 0.350. The summed E-state index contributed by atoms with van der Waals surface area (Å²) in [5, 5.41) is 0. The Morgan fingerprint density at radius 3 is 1.76 bits per heavy atom. The molecule has 3 aromatic carbocycles. The number of benzene rings is 3. The Kier molecular flexibility index (Phi) is 4.79. The van der Waals surface area contributed by atoms with E-state index in [2.05, 4.69) is 108 Å². The summed E-state index contributed by atoms with van der Waals surface area (Å²) in [6.07, 6.45) is 4.47.